The van der Waals surface area contributed by atoms with Gasteiger partial charge in [0.05, 0.1) is 0 Å². The minimum absolute atomic E-state index is 0.189. The molecule has 5 nitrogen and oxygen atoms in total. The highest BCUT2D eigenvalue weighted by atomic mass is 16.5. The maximum atomic E-state index is 12.0. The highest BCUT2D eigenvalue weighted by Gasteiger charge is 2.18. The van der Waals surface area contributed by atoms with E-state index in [-0.39, 0.29) is 5.91 Å². The van der Waals surface area contributed by atoms with Gasteiger partial charge in [-0.3, -0.25) is 9.69 Å². The van der Waals surface area contributed by atoms with Gasteiger partial charge < -0.3 is 15.0 Å². The predicted octanol–water partition coefficient (Wildman–Crippen LogP) is 2.44. The van der Waals surface area contributed by atoms with E-state index in [0.717, 1.165) is 58.9 Å². The Labute approximate surface area is 157 Å². The molecule has 2 aliphatic rings. The molecule has 1 aromatic carbocycles. The largest absolute Gasteiger partial charge is 0.381 e. The second-order valence-electron chi connectivity index (χ2n) is 7.64. The summed E-state index contributed by atoms with van der Waals surface area (Å²) in [5.74, 6) is 0.894. The number of amides is 1. The molecular formula is C21H33N3O2. The van der Waals surface area contributed by atoms with Gasteiger partial charge >= 0.3 is 0 Å². The Morgan fingerprint density at radius 2 is 2.12 bits per heavy atom. The highest BCUT2D eigenvalue weighted by molar-refractivity contribution is 5.76. The molecule has 26 heavy (non-hydrogen) atoms. The van der Waals surface area contributed by atoms with Gasteiger partial charge in [-0.2, -0.15) is 0 Å². The summed E-state index contributed by atoms with van der Waals surface area (Å²) >= 11 is 0. The van der Waals surface area contributed by atoms with Gasteiger partial charge in [0.1, 0.15) is 0 Å². The number of piperazine rings is 1. The van der Waals surface area contributed by atoms with E-state index in [1.54, 1.807) is 0 Å². The third kappa shape index (κ3) is 5.99. The summed E-state index contributed by atoms with van der Waals surface area (Å²) in [6.07, 6.45) is 4.02. The summed E-state index contributed by atoms with van der Waals surface area (Å²) in [7, 11) is 0. The third-order valence-corrected chi connectivity index (χ3v) is 5.53. The van der Waals surface area contributed by atoms with Gasteiger partial charge in [0.2, 0.25) is 5.91 Å². The van der Waals surface area contributed by atoms with E-state index in [0.29, 0.717) is 12.3 Å². The molecule has 0 aromatic heterocycles. The molecule has 2 fully saturated rings. The van der Waals surface area contributed by atoms with Crippen molar-refractivity contribution in [3.05, 3.63) is 29.8 Å². The number of hydrogen-bond donors (Lipinski definition) is 1. The van der Waals surface area contributed by atoms with E-state index in [1.807, 2.05) is 0 Å². The molecule has 3 rings (SSSR count). The zero-order valence-corrected chi connectivity index (χ0v) is 16.1. The van der Waals surface area contributed by atoms with Crippen molar-refractivity contribution in [1.82, 2.24) is 10.2 Å². The van der Waals surface area contributed by atoms with Crippen molar-refractivity contribution in [1.29, 1.82) is 0 Å². The van der Waals surface area contributed by atoms with Crippen molar-refractivity contribution in [2.45, 2.75) is 32.6 Å². The maximum Gasteiger partial charge on any atom is 0.221 e. The quantitative estimate of drug-likeness (QED) is 0.724. The van der Waals surface area contributed by atoms with E-state index in [4.69, 9.17) is 4.74 Å². The SMILES string of the molecule is Cc1cccc(N2CCN(CCC(=O)NCCC[C@@H]3CCOC3)CC2)c1. The monoisotopic (exact) mass is 359 g/mol. The molecule has 2 heterocycles. The molecule has 0 bridgehead atoms. The lowest BCUT2D eigenvalue weighted by Crippen LogP contribution is -2.47. The summed E-state index contributed by atoms with van der Waals surface area (Å²) in [5, 5.41) is 3.07. The van der Waals surface area contributed by atoms with Crippen LogP contribution in [0.3, 0.4) is 0 Å². The number of aryl methyl sites for hydroxylation is 1. The molecular weight excluding hydrogens is 326 g/mol. The van der Waals surface area contributed by atoms with Gasteiger partial charge in [-0.15, -0.1) is 0 Å². The number of nitrogens with zero attached hydrogens (tertiary/aromatic N) is 2. The summed E-state index contributed by atoms with van der Waals surface area (Å²) < 4.78 is 5.39. The van der Waals surface area contributed by atoms with Crippen molar-refractivity contribution in [3.63, 3.8) is 0 Å². The van der Waals surface area contributed by atoms with E-state index >= 15 is 0 Å². The molecule has 1 atom stereocenters. The smallest absolute Gasteiger partial charge is 0.221 e. The molecule has 0 aliphatic carbocycles. The molecule has 5 heteroatoms. The van der Waals surface area contributed by atoms with Gasteiger partial charge in [-0.05, 0) is 49.8 Å². The summed E-state index contributed by atoms with van der Waals surface area (Å²) in [5.41, 5.74) is 2.62. The number of ether oxygens (including phenoxy) is 1. The second kappa shape index (κ2) is 9.93. The maximum absolute atomic E-state index is 12.0. The number of carbonyl (C=O) groups excluding carboxylic acids is 1. The summed E-state index contributed by atoms with van der Waals surface area (Å²) in [4.78, 5) is 16.9. The van der Waals surface area contributed by atoms with Crippen molar-refractivity contribution in [2.24, 2.45) is 5.92 Å². The Morgan fingerprint density at radius 3 is 2.85 bits per heavy atom. The lowest BCUT2D eigenvalue weighted by Gasteiger charge is -2.36. The van der Waals surface area contributed by atoms with Crippen LogP contribution < -0.4 is 10.2 Å². The third-order valence-electron chi connectivity index (χ3n) is 5.53. The first-order valence-corrected chi connectivity index (χ1v) is 10.1. The van der Waals surface area contributed by atoms with E-state index < -0.39 is 0 Å². The average molecular weight is 360 g/mol. The summed E-state index contributed by atoms with van der Waals surface area (Å²) in [6, 6.07) is 8.70. The lowest BCUT2D eigenvalue weighted by molar-refractivity contribution is -0.121. The van der Waals surface area contributed by atoms with Crippen LogP contribution in [0.1, 0.15) is 31.2 Å². The number of anilines is 1. The van der Waals surface area contributed by atoms with Crippen LogP contribution in [0.15, 0.2) is 24.3 Å². The topological polar surface area (TPSA) is 44.8 Å². The number of rotatable bonds is 8. The Balaban J connectivity index is 1.26. The fourth-order valence-corrected chi connectivity index (χ4v) is 3.83. The molecule has 2 aliphatic heterocycles. The Bertz CT molecular complexity index is 564. The highest BCUT2D eigenvalue weighted by Crippen LogP contribution is 2.18. The minimum atomic E-state index is 0.189. The number of benzene rings is 1. The van der Waals surface area contributed by atoms with Crippen LogP contribution in [0.5, 0.6) is 0 Å². The first-order chi connectivity index (χ1) is 12.7. The van der Waals surface area contributed by atoms with Gasteiger partial charge in [-0.1, -0.05) is 12.1 Å². The van der Waals surface area contributed by atoms with Crippen LogP contribution in [0.25, 0.3) is 0 Å². The van der Waals surface area contributed by atoms with Crippen LogP contribution >= 0.6 is 0 Å². The Morgan fingerprint density at radius 1 is 1.27 bits per heavy atom. The van der Waals surface area contributed by atoms with E-state index in [9.17, 15) is 4.79 Å². The second-order valence-corrected chi connectivity index (χ2v) is 7.64. The molecule has 1 amide bonds. The Hall–Kier alpha value is -1.59. The van der Waals surface area contributed by atoms with Gasteiger partial charge in [-0.25, -0.2) is 0 Å². The van der Waals surface area contributed by atoms with Crippen LogP contribution in [0.4, 0.5) is 5.69 Å². The van der Waals surface area contributed by atoms with Crippen molar-refractivity contribution >= 4 is 11.6 Å². The zero-order chi connectivity index (χ0) is 18.2. The first kappa shape index (κ1) is 19.2. The first-order valence-electron chi connectivity index (χ1n) is 10.1. The van der Waals surface area contributed by atoms with Crippen LogP contribution in [-0.4, -0.2) is 63.3 Å². The average Bonchev–Trinajstić information content (AvgIpc) is 3.17. The fraction of sp³-hybridized carbons (Fsp3) is 0.667. The number of hydrogen-bond acceptors (Lipinski definition) is 4. The van der Waals surface area contributed by atoms with Gasteiger partial charge in [0.15, 0.2) is 0 Å². The van der Waals surface area contributed by atoms with Crippen molar-refractivity contribution < 1.29 is 9.53 Å². The molecule has 0 saturated carbocycles. The molecule has 0 spiro atoms. The molecule has 1 N–H and O–H groups in total. The molecule has 2 saturated heterocycles. The standard InChI is InChI=1S/C21H33N3O2/c1-18-4-2-6-20(16-18)24-13-11-23(12-14-24)10-7-21(25)22-9-3-5-19-8-15-26-17-19/h2,4,6,16,19H,3,5,7-15,17H2,1H3,(H,22,25)/t19-/m1/s1. The molecule has 1 aromatic rings. The number of nitrogens with one attached hydrogen (secondary N) is 1. The summed E-state index contributed by atoms with van der Waals surface area (Å²) in [6.45, 7) is 9.76. The predicted molar refractivity (Wildman–Crippen MR) is 106 cm³/mol. The molecule has 144 valence electrons. The van der Waals surface area contributed by atoms with E-state index in [1.165, 1.54) is 24.1 Å². The van der Waals surface area contributed by atoms with Crippen molar-refractivity contribution in [3.8, 4) is 0 Å². The molecule has 0 radical (unpaired) electrons. The number of carbonyl (C=O) groups is 1. The fourth-order valence-electron chi connectivity index (χ4n) is 3.83. The minimum Gasteiger partial charge on any atom is -0.381 e. The van der Waals surface area contributed by atoms with Crippen LogP contribution in [0.2, 0.25) is 0 Å². The van der Waals surface area contributed by atoms with Crippen molar-refractivity contribution in [2.75, 3.05) is 57.4 Å². The van der Waals surface area contributed by atoms with Crippen LogP contribution in [-0.2, 0) is 9.53 Å². The van der Waals surface area contributed by atoms with Crippen LogP contribution in [0, 0.1) is 12.8 Å². The Kier molecular flexibility index (Phi) is 7.32. The van der Waals surface area contributed by atoms with Gasteiger partial charge in [0, 0.05) is 64.6 Å². The van der Waals surface area contributed by atoms with E-state index in [2.05, 4.69) is 46.3 Å². The molecule has 0 unspecified atom stereocenters. The zero-order valence-electron chi connectivity index (χ0n) is 16.1. The van der Waals surface area contributed by atoms with Gasteiger partial charge in [0.25, 0.3) is 0 Å². The normalized spacial score (nSPS) is 21.1. The lowest BCUT2D eigenvalue weighted by atomic mass is 10.0.